The van der Waals surface area contributed by atoms with E-state index in [1.54, 1.807) is 0 Å². The van der Waals surface area contributed by atoms with Crippen molar-refractivity contribution in [3.63, 3.8) is 0 Å². The van der Waals surface area contributed by atoms with Crippen LogP contribution >= 0.6 is 11.6 Å². The highest BCUT2D eigenvalue weighted by Crippen LogP contribution is 2.40. The number of carbonyl (C=O) groups excluding carboxylic acids is 1. The van der Waals surface area contributed by atoms with Gasteiger partial charge in [0.1, 0.15) is 23.5 Å². The molecule has 1 unspecified atom stereocenters. The Labute approximate surface area is 188 Å². The molecular weight excluding hydrogens is 470 g/mol. The molecule has 1 aliphatic rings. The van der Waals surface area contributed by atoms with Crippen LogP contribution in [0.2, 0.25) is 5.02 Å². The first kappa shape index (κ1) is 22.8. The van der Waals surface area contributed by atoms with Crippen molar-refractivity contribution in [2.75, 3.05) is 4.90 Å². The van der Waals surface area contributed by atoms with Crippen LogP contribution in [-0.2, 0) is 0 Å². The van der Waals surface area contributed by atoms with Crippen LogP contribution in [0.15, 0.2) is 65.7 Å². The maximum Gasteiger partial charge on any atom is 0.409 e. The van der Waals surface area contributed by atoms with Gasteiger partial charge >= 0.3 is 6.18 Å². The molecular formula is C23H13ClF6N2O. The molecule has 10 heteroatoms. The van der Waals surface area contributed by atoms with Gasteiger partial charge in [-0.1, -0.05) is 11.6 Å². The number of hydrogen-bond donors (Lipinski definition) is 0. The normalized spacial score (nSPS) is 17.2. The lowest BCUT2D eigenvalue weighted by atomic mass is 9.92. The van der Waals surface area contributed by atoms with Crippen LogP contribution < -0.4 is 4.90 Å². The van der Waals surface area contributed by atoms with Crippen LogP contribution in [0.3, 0.4) is 0 Å². The molecule has 1 atom stereocenters. The van der Waals surface area contributed by atoms with Gasteiger partial charge in [-0.2, -0.15) is 13.2 Å². The van der Waals surface area contributed by atoms with Gasteiger partial charge in [0.25, 0.3) is 5.91 Å². The molecule has 0 N–H and O–H groups in total. The van der Waals surface area contributed by atoms with Crippen molar-refractivity contribution < 1.29 is 31.1 Å². The number of fused-ring (bicyclic) bond motifs is 1. The summed E-state index contributed by atoms with van der Waals surface area (Å²) in [5.41, 5.74) is -0.624. The first-order chi connectivity index (χ1) is 15.5. The van der Waals surface area contributed by atoms with Gasteiger partial charge in [-0.15, -0.1) is 0 Å². The molecule has 1 heterocycles. The Bertz CT molecular complexity index is 1260. The molecule has 0 spiro atoms. The quantitative estimate of drug-likeness (QED) is 0.367. The molecule has 3 aromatic rings. The number of benzene rings is 3. The number of carbonyl (C=O) groups is 1. The summed E-state index contributed by atoms with van der Waals surface area (Å²) >= 11 is 5.62. The summed E-state index contributed by atoms with van der Waals surface area (Å²) in [6, 6.07) is 8.15. The van der Waals surface area contributed by atoms with E-state index in [2.05, 4.69) is 4.99 Å². The third-order valence-corrected chi connectivity index (χ3v) is 5.39. The van der Waals surface area contributed by atoms with Gasteiger partial charge in [-0.05, 0) is 60.7 Å². The lowest BCUT2D eigenvalue weighted by molar-refractivity contribution is -0.146. The molecule has 0 bridgehead atoms. The predicted molar refractivity (Wildman–Crippen MR) is 112 cm³/mol. The number of nitrogens with zero attached hydrogens (tertiary/aromatic N) is 2. The van der Waals surface area contributed by atoms with Gasteiger partial charge in [0, 0.05) is 17.5 Å². The number of hydrogen-bond acceptors (Lipinski definition) is 2. The van der Waals surface area contributed by atoms with Crippen LogP contribution in [0, 0.1) is 17.5 Å². The Kier molecular flexibility index (Phi) is 5.92. The van der Waals surface area contributed by atoms with Crippen LogP contribution in [0.5, 0.6) is 0 Å². The molecule has 3 aromatic carbocycles. The lowest BCUT2D eigenvalue weighted by Gasteiger charge is -2.38. The fourth-order valence-corrected chi connectivity index (χ4v) is 3.68. The van der Waals surface area contributed by atoms with Gasteiger partial charge in [0.05, 0.1) is 22.1 Å². The molecule has 0 saturated carbocycles. The maximum atomic E-state index is 14.1. The Morgan fingerprint density at radius 1 is 0.939 bits per heavy atom. The molecule has 0 aliphatic carbocycles. The molecule has 170 valence electrons. The summed E-state index contributed by atoms with van der Waals surface area (Å²) in [5.74, 6) is -3.42. The molecule has 3 nitrogen and oxygen atoms in total. The minimum atomic E-state index is -4.89. The van der Waals surface area contributed by atoms with Crippen molar-refractivity contribution >= 4 is 34.6 Å². The fourth-order valence-electron chi connectivity index (χ4n) is 3.56. The van der Waals surface area contributed by atoms with Gasteiger partial charge in [0.2, 0.25) is 0 Å². The van der Waals surface area contributed by atoms with E-state index < -0.39 is 42.0 Å². The van der Waals surface area contributed by atoms with E-state index in [1.165, 1.54) is 12.1 Å². The molecule has 0 radical (unpaired) electrons. The molecule has 1 aliphatic heterocycles. The zero-order valence-electron chi connectivity index (χ0n) is 16.5. The van der Waals surface area contributed by atoms with Crippen LogP contribution in [0.25, 0.3) is 0 Å². The van der Waals surface area contributed by atoms with Gasteiger partial charge < -0.3 is 0 Å². The second kappa shape index (κ2) is 8.55. The number of aliphatic imine (C=N–C) groups is 1. The van der Waals surface area contributed by atoms with E-state index in [-0.39, 0.29) is 33.2 Å². The van der Waals surface area contributed by atoms with Gasteiger partial charge in [0.15, 0.2) is 0 Å². The summed E-state index contributed by atoms with van der Waals surface area (Å²) in [6.07, 6.45) is -5.69. The van der Waals surface area contributed by atoms with Crippen molar-refractivity contribution in [1.29, 1.82) is 0 Å². The summed E-state index contributed by atoms with van der Waals surface area (Å²) in [5, 5.41) is -0.297. The zero-order valence-corrected chi connectivity index (χ0v) is 17.3. The highest BCUT2D eigenvalue weighted by molar-refractivity contribution is 6.30. The number of halogens is 7. The van der Waals surface area contributed by atoms with Crippen molar-refractivity contribution in [3.05, 3.63) is 94.3 Å². The Hall–Kier alpha value is -3.33. The number of anilines is 1. The number of alkyl halides is 3. The average Bonchev–Trinajstić information content (AvgIpc) is 2.76. The first-order valence-corrected chi connectivity index (χ1v) is 9.91. The second-order valence-electron chi connectivity index (χ2n) is 7.26. The van der Waals surface area contributed by atoms with Crippen LogP contribution in [0.4, 0.5) is 37.7 Å². The van der Waals surface area contributed by atoms with E-state index in [0.717, 1.165) is 48.5 Å². The summed E-state index contributed by atoms with van der Waals surface area (Å²) in [6.45, 7) is 0. The van der Waals surface area contributed by atoms with Crippen molar-refractivity contribution in [1.82, 2.24) is 0 Å². The Morgan fingerprint density at radius 2 is 1.61 bits per heavy atom. The second-order valence-corrected chi connectivity index (χ2v) is 7.67. The minimum Gasteiger partial charge on any atom is -0.295 e. The third kappa shape index (κ3) is 4.59. The first-order valence-electron chi connectivity index (χ1n) is 9.53. The van der Waals surface area contributed by atoms with Crippen molar-refractivity contribution in [2.24, 2.45) is 4.99 Å². The SMILES string of the molecule is O=C(c1ccc(Cl)c(F)c1)N1c2ccc(F)cc2C(=Nc2ccc(F)cc2)CC1C(F)(F)F. The largest absolute Gasteiger partial charge is 0.409 e. The number of amides is 1. The molecule has 0 aromatic heterocycles. The Morgan fingerprint density at radius 3 is 2.24 bits per heavy atom. The molecule has 33 heavy (non-hydrogen) atoms. The Balaban J connectivity index is 1.88. The molecule has 0 saturated heterocycles. The summed E-state index contributed by atoms with van der Waals surface area (Å²) in [4.78, 5) is 17.7. The maximum absolute atomic E-state index is 14.1. The van der Waals surface area contributed by atoms with Crippen molar-refractivity contribution in [3.8, 4) is 0 Å². The smallest absolute Gasteiger partial charge is 0.295 e. The average molecular weight is 483 g/mol. The van der Waals surface area contributed by atoms with Crippen molar-refractivity contribution in [2.45, 2.75) is 18.6 Å². The summed E-state index contributed by atoms with van der Waals surface area (Å²) < 4.78 is 83.4. The zero-order chi connectivity index (χ0) is 23.9. The van der Waals surface area contributed by atoms with Gasteiger partial charge in [-0.25, -0.2) is 13.2 Å². The monoisotopic (exact) mass is 482 g/mol. The fraction of sp³-hybridized carbons (Fsp3) is 0.130. The highest BCUT2D eigenvalue weighted by atomic mass is 35.5. The minimum absolute atomic E-state index is 0.0392. The van der Waals surface area contributed by atoms with E-state index in [1.807, 2.05) is 0 Å². The molecule has 4 rings (SSSR count). The predicted octanol–water partition coefficient (Wildman–Crippen LogP) is 6.86. The van der Waals surface area contributed by atoms with Crippen LogP contribution in [0.1, 0.15) is 22.3 Å². The van der Waals surface area contributed by atoms with E-state index in [0.29, 0.717) is 4.90 Å². The van der Waals surface area contributed by atoms with Crippen LogP contribution in [-0.4, -0.2) is 23.8 Å². The van der Waals surface area contributed by atoms with E-state index in [9.17, 15) is 31.1 Å². The third-order valence-electron chi connectivity index (χ3n) is 5.08. The molecule has 1 amide bonds. The topological polar surface area (TPSA) is 32.7 Å². The van der Waals surface area contributed by atoms with E-state index in [4.69, 9.17) is 11.6 Å². The standard InChI is InChI=1S/C23H13ClF6N2O/c24-17-7-1-12(9-18(17)27)22(33)32-20-8-4-14(26)10-16(20)19(11-21(32)23(28,29)30)31-15-5-2-13(25)3-6-15/h1-10,21H,11H2. The highest BCUT2D eigenvalue weighted by Gasteiger charge is 2.50. The van der Waals surface area contributed by atoms with E-state index >= 15 is 0 Å². The molecule has 0 fully saturated rings. The number of rotatable bonds is 2. The van der Waals surface area contributed by atoms with Gasteiger partial charge in [-0.3, -0.25) is 14.7 Å². The lowest BCUT2D eigenvalue weighted by Crippen LogP contribution is -2.53. The summed E-state index contributed by atoms with van der Waals surface area (Å²) in [7, 11) is 0.